The van der Waals surface area contributed by atoms with E-state index in [1.807, 2.05) is 6.92 Å². The smallest absolute Gasteiger partial charge is 0.124 e. The van der Waals surface area contributed by atoms with E-state index in [0.717, 1.165) is 12.8 Å². The number of hydrogen-bond donors (Lipinski definition) is 3. The van der Waals surface area contributed by atoms with Crippen molar-refractivity contribution in [2.24, 2.45) is 0 Å². The molecule has 0 aromatic heterocycles. The molecule has 1 rings (SSSR count). The van der Waals surface area contributed by atoms with Gasteiger partial charge >= 0.3 is 0 Å². The Hall–Kier alpha value is -1.30. The van der Waals surface area contributed by atoms with Crippen LogP contribution in [-0.4, -0.2) is 43.1 Å². The fourth-order valence-electron chi connectivity index (χ4n) is 2.31. The third-order valence-corrected chi connectivity index (χ3v) is 3.43. The highest BCUT2D eigenvalue weighted by atomic mass is 16.5. The zero-order valence-electron chi connectivity index (χ0n) is 13.3. The summed E-state index contributed by atoms with van der Waals surface area (Å²) < 4.78 is 10.4. The summed E-state index contributed by atoms with van der Waals surface area (Å²) in [6.45, 7) is 4.60. The molecule has 0 radical (unpaired) electrons. The Morgan fingerprint density at radius 3 is 2.57 bits per heavy atom. The summed E-state index contributed by atoms with van der Waals surface area (Å²) in [6, 6.07) is 5.31. The lowest BCUT2D eigenvalue weighted by Gasteiger charge is -2.24. The SMILES string of the molecule is CCCC(C)(O)CNCC(O)c1cc(OC)ccc1OC. The van der Waals surface area contributed by atoms with Crippen molar-refractivity contribution in [3.05, 3.63) is 23.8 Å². The summed E-state index contributed by atoms with van der Waals surface area (Å²) in [5.41, 5.74) is -0.0908. The lowest BCUT2D eigenvalue weighted by molar-refractivity contribution is 0.0460. The van der Waals surface area contributed by atoms with Crippen LogP contribution in [0, 0.1) is 0 Å². The van der Waals surface area contributed by atoms with Crippen molar-refractivity contribution in [1.29, 1.82) is 0 Å². The van der Waals surface area contributed by atoms with E-state index in [1.54, 1.807) is 39.3 Å². The van der Waals surface area contributed by atoms with Crippen LogP contribution >= 0.6 is 0 Å². The van der Waals surface area contributed by atoms with Crippen molar-refractivity contribution in [2.75, 3.05) is 27.3 Å². The molecule has 1 aromatic rings. The van der Waals surface area contributed by atoms with Gasteiger partial charge in [-0.25, -0.2) is 0 Å². The normalized spacial score (nSPS) is 15.3. The van der Waals surface area contributed by atoms with Crippen molar-refractivity contribution >= 4 is 0 Å². The quantitative estimate of drug-likeness (QED) is 0.649. The van der Waals surface area contributed by atoms with Gasteiger partial charge in [0.05, 0.1) is 25.9 Å². The van der Waals surface area contributed by atoms with Crippen LogP contribution in [-0.2, 0) is 0 Å². The molecule has 21 heavy (non-hydrogen) atoms. The average Bonchev–Trinajstić information content (AvgIpc) is 2.46. The summed E-state index contributed by atoms with van der Waals surface area (Å²) in [7, 11) is 3.15. The maximum Gasteiger partial charge on any atom is 0.124 e. The first kappa shape index (κ1) is 17.8. The molecule has 3 N–H and O–H groups in total. The average molecular weight is 297 g/mol. The molecule has 0 saturated heterocycles. The molecule has 0 aliphatic carbocycles. The van der Waals surface area contributed by atoms with E-state index >= 15 is 0 Å². The Morgan fingerprint density at radius 2 is 2.00 bits per heavy atom. The third kappa shape index (κ3) is 5.53. The first-order chi connectivity index (χ1) is 9.93. The van der Waals surface area contributed by atoms with E-state index in [4.69, 9.17) is 9.47 Å². The van der Waals surface area contributed by atoms with Crippen LogP contribution in [0.25, 0.3) is 0 Å². The standard InChI is InChI=1S/C16H27NO4/c1-5-8-16(2,19)11-17-10-14(18)13-9-12(20-3)6-7-15(13)21-4/h6-7,9,14,17-19H,5,8,10-11H2,1-4H3. The second kappa shape index (κ2) is 8.22. The summed E-state index contributed by atoms with van der Waals surface area (Å²) in [5, 5.41) is 23.5. The zero-order chi connectivity index (χ0) is 15.9. The molecule has 0 fully saturated rings. The molecule has 120 valence electrons. The molecular weight excluding hydrogens is 270 g/mol. The second-order valence-electron chi connectivity index (χ2n) is 5.50. The maximum atomic E-state index is 10.3. The summed E-state index contributed by atoms with van der Waals surface area (Å²) in [4.78, 5) is 0. The van der Waals surface area contributed by atoms with E-state index in [1.165, 1.54) is 0 Å². The highest BCUT2D eigenvalue weighted by molar-refractivity contribution is 5.41. The van der Waals surface area contributed by atoms with Crippen LogP contribution in [0.2, 0.25) is 0 Å². The molecular formula is C16H27NO4. The molecule has 1 aromatic carbocycles. The number of hydrogen-bond acceptors (Lipinski definition) is 5. The highest BCUT2D eigenvalue weighted by Crippen LogP contribution is 2.29. The molecule has 5 heteroatoms. The minimum atomic E-state index is -0.757. The largest absolute Gasteiger partial charge is 0.497 e. The van der Waals surface area contributed by atoms with Gasteiger partial charge in [-0.3, -0.25) is 0 Å². The molecule has 0 aliphatic heterocycles. The van der Waals surface area contributed by atoms with Gasteiger partial charge in [0.25, 0.3) is 0 Å². The van der Waals surface area contributed by atoms with Crippen molar-refractivity contribution in [1.82, 2.24) is 5.32 Å². The minimum absolute atomic E-state index is 0.337. The molecule has 0 heterocycles. The fourth-order valence-corrected chi connectivity index (χ4v) is 2.31. The van der Waals surface area contributed by atoms with Gasteiger partial charge in [-0.1, -0.05) is 13.3 Å². The predicted molar refractivity (Wildman–Crippen MR) is 82.9 cm³/mol. The molecule has 0 spiro atoms. The number of benzene rings is 1. The van der Waals surface area contributed by atoms with Gasteiger partial charge in [-0.2, -0.15) is 0 Å². The van der Waals surface area contributed by atoms with Crippen LogP contribution in [0.3, 0.4) is 0 Å². The Balaban J connectivity index is 2.64. The Kier molecular flexibility index (Phi) is 6.95. The molecule has 2 unspecified atom stereocenters. The van der Waals surface area contributed by atoms with Crippen LogP contribution in [0.4, 0.5) is 0 Å². The van der Waals surface area contributed by atoms with Gasteiger partial charge in [0.2, 0.25) is 0 Å². The lowest BCUT2D eigenvalue weighted by Crippen LogP contribution is -2.39. The molecule has 0 aliphatic rings. The monoisotopic (exact) mass is 297 g/mol. The van der Waals surface area contributed by atoms with E-state index in [2.05, 4.69) is 5.32 Å². The summed E-state index contributed by atoms with van der Waals surface area (Å²) >= 11 is 0. The van der Waals surface area contributed by atoms with E-state index in [9.17, 15) is 10.2 Å². The van der Waals surface area contributed by atoms with Gasteiger partial charge < -0.3 is 25.0 Å². The van der Waals surface area contributed by atoms with Gasteiger partial charge in [0.15, 0.2) is 0 Å². The molecule has 0 amide bonds. The summed E-state index contributed by atoms with van der Waals surface area (Å²) in [6.07, 6.45) is 0.909. The first-order valence-electron chi connectivity index (χ1n) is 7.26. The van der Waals surface area contributed by atoms with Crippen molar-refractivity contribution < 1.29 is 19.7 Å². The number of aliphatic hydroxyl groups is 2. The second-order valence-corrected chi connectivity index (χ2v) is 5.50. The Morgan fingerprint density at radius 1 is 1.29 bits per heavy atom. The van der Waals surface area contributed by atoms with Crippen LogP contribution in [0.1, 0.15) is 38.4 Å². The third-order valence-electron chi connectivity index (χ3n) is 3.43. The van der Waals surface area contributed by atoms with Gasteiger partial charge in [-0.15, -0.1) is 0 Å². The number of ether oxygens (including phenoxy) is 2. The Bertz CT molecular complexity index is 434. The van der Waals surface area contributed by atoms with Crippen LogP contribution < -0.4 is 14.8 Å². The first-order valence-corrected chi connectivity index (χ1v) is 7.26. The van der Waals surface area contributed by atoms with Crippen LogP contribution in [0.5, 0.6) is 11.5 Å². The van der Waals surface area contributed by atoms with Crippen LogP contribution in [0.15, 0.2) is 18.2 Å². The van der Waals surface area contributed by atoms with Gasteiger partial charge in [-0.05, 0) is 31.5 Å². The number of aliphatic hydroxyl groups excluding tert-OH is 1. The Labute approximate surface area is 126 Å². The summed E-state index contributed by atoms with van der Waals surface area (Å²) in [5.74, 6) is 1.29. The molecule has 0 bridgehead atoms. The zero-order valence-corrected chi connectivity index (χ0v) is 13.3. The maximum absolute atomic E-state index is 10.3. The van der Waals surface area contributed by atoms with E-state index in [0.29, 0.717) is 30.2 Å². The lowest BCUT2D eigenvalue weighted by atomic mass is 10.0. The van der Waals surface area contributed by atoms with E-state index < -0.39 is 11.7 Å². The predicted octanol–water partition coefficient (Wildman–Crippen LogP) is 1.88. The van der Waals surface area contributed by atoms with Gasteiger partial charge in [0, 0.05) is 18.7 Å². The number of nitrogens with one attached hydrogen (secondary N) is 1. The highest BCUT2D eigenvalue weighted by Gasteiger charge is 2.20. The van der Waals surface area contributed by atoms with Crippen molar-refractivity contribution in [2.45, 2.75) is 38.4 Å². The van der Waals surface area contributed by atoms with E-state index in [-0.39, 0.29) is 0 Å². The molecule has 0 saturated carbocycles. The molecule has 2 atom stereocenters. The van der Waals surface area contributed by atoms with Crippen molar-refractivity contribution in [3.8, 4) is 11.5 Å². The number of rotatable bonds is 9. The number of methoxy groups -OCH3 is 2. The minimum Gasteiger partial charge on any atom is -0.497 e. The fraction of sp³-hybridized carbons (Fsp3) is 0.625. The van der Waals surface area contributed by atoms with Gasteiger partial charge in [0.1, 0.15) is 11.5 Å². The topological polar surface area (TPSA) is 71.0 Å². The van der Waals surface area contributed by atoms with Crippen molar-refractivity contribution in [3.63, 3.8) is 0 Å². The molecule has 5 nitrogen and oxygen atoms in total.